The third-order valence-corrected chi connectivity index (χ3v) is 9.96. The van der Waals surface area contributed by atoms with Gasteiger partial charge in [0.25, 0.3) is 5.91 Å². The maximum atomic E-state index is 13.9. The molecule has 1 aliphatic heterocycles. The molecule has 0 saturated heterocycles. The van der Waals surface area contributed by atoms with Gasteiger partial charge in [-0.05, 0) is 49.6 Å². The van der Waals surface area contributed by atoms with Gasteiger partial charge in [0.15, 0.2) is 10.1 Å². The van der Waals surface area contributed by atoms with Crippen LogP contribution >= 0.6 is 46.0 Å². The predicted molar refractivity (Wildman–Crippen MR) is 164 cm³/mol. The van der Waals surface area contributed by atoms with Crippen molar-refractivity contribution in [3.05, 3.63) is 91.6 Å². The standard InChI is InChI=1S/C29H27ClN4O4S3/c1-4-5-13-38-20-11-8-10-18(14-20)23-22(24(35)26-16(2)31-17(3)40-26)25(36)27(37)34(23)28-32-33-29(41-28)39-15-19-9-6-7-12-21(19)30/h6-12,14,23,36H,4-5,13,15H2,1-3H3. The smallest absolute Gasteiger partial charge is 0.296 e. The molecule has 2 aromatic carbocycles. The van der Waals surface area contributed by atoms with Crippen LogP contribution < -0.4 is 9.64 Å². The van der Waals surface area contributed by atoms with E-state index in [1.54, 1.807) is 13.0 Å². The molecule has 1 unspecified atom stereocenters. The summed E-state index contributed by atoms with van der Waals surface area (Å²) in [6.45, 7) is 6.18. The van der Waals surface area contributed by atoms with Crippen LogP contribution in [0.25, 0.3) is 0 Å². The average Bonchev–Trinajstić information content (AvgIpc) is 3.63. The maximum absolute atomic E-state index is 13.9. The zero-order valence-corrected chi connectivity index (χ0v) is 25.8. The predicted octanol–water partition coefficient (Wildman–Crippen LogP) is 7.52. The Kier molecular flexibility index (Phi) is 9.08. The number of thioether (sulfide) groups is 1. The van der Waals surface area contributed by atoms with E-state index >= 15 is 0 Å². The lowest BCUT2D eigenvalue weighted by Gasteiger charge is -2.24. The van der Waals surface area contributed by atoms with Gasteiger partial charge in [0.05, 0.1) is 33.8 Å². The van der Waals surface area contributed by atoms with E-state index in [4.69, 9.17) is 16.3 Å². The Bertz CT molecular complexity index is 1630. The number of rotatable bonds is 11. The normalized spacial score (nSPS) is 15.2. The number of ether oxygens (including phenoxy) is 1. The molecule has 1 atom stereocenters. The topological polar surface area (TPSA) is 106 Å². The molecule has 0 fully saturated rings. The lowest BCUT2D eigenvalue weighted by atomic mass is 9.95. The number of halogens is 1. The van der Waals surface area contributed by atoms with Gasteiger partial charge >= 0.3 is 0 Å². The number of aliphatic hydroxyl groups excluding tert-OH is 1. The molecule has 2 aromatic heterocycles. The van der Waals surface area contributed by atoms with Crippen LogP contribution in [0.1, 0.15) is 57.3 Å². The molecule has 212 valence electrons. The third kappa shape index (κ3) is 6.18. The summed E-state index contributed by atoms with van der Waals surface area (Å²) in [7, 11) is 0. The van der Waals surface area contributed by atoms with E-state index < -0.39 is 23.5 Å². The number of ketones is 1. The number of aryl methyl sites for hydroxylation is 2. The average molecular weight is 627 g/mol. The van der Waals surface area contributed by atoms with Gasteiger partial charge in [0.1, 0.15) is 5.75 Å². The van der Waals surface area contributed by atoms with Gasteiger partial charge < -0.3 is 9.84 Å². The molecule has 3 heterocycles. The number of benzene rings is 2. The van der Waals surface area contributed by atoms with Crippen LogP contribution in [0.15, 0.2) is 64.2 Å². The number of hydrogen-bond donors (Lipinski definition) is 1. The van der Waals surface area contributed by atoms with Crippen molar-refractivity contribution in [1.82, 2.24) is 15.2 Å². The molecule has 0 bridgehead atoms. The van der Waals surface area contributed by atoms with Gasteiger partial charge in [-0.15, -0.1) is 21.5 Å². The number of nitrogens with zero attached hydrogens (tertiary/aromatic N) is 4. The first-order chi connectivity index (χ1) is 19.8. The summed E-state index contributed by atoms with van der Waals surface area (Å²) >= 11 is 10.2. The maximum Gasteiger partial charge on any atom is 0.296 e. The fraction of sp³-hybridized carbons (Fsp3) is 0.276. The zero-order valence-electron chi connectivity index (χ0n) is 22.6. The molecular weight excluding hydrogens is 600 g/mol. The van der Waals surface area contributed by atoms with Crippen molar-refractivity contribution in [3.8, 4) is 5.75 Å². The highest BCUT2D eigenvalue weighted by Gasteiger charge is 2.46. The van der Waals surface area contributed by atoms with Crippen molar-refractivity contribution >= 4 is 62.9 Å². The number of thiazole rings is 1. The van der Waals surface area contributed by atoms with Gasteiger partial charge in [0.2, 0.25) is 10.9 Å². The van der Waals surface area contributed by atoms with E-state index in [0.717, 1.165) is 23.4 Å². The fourth-order valence-electron chi connectivity index (χ4n) is 4.44. The summed E-state index contributed by atoms with van der Waals surface area (Å²) in [5.41, 5.74) is 2.09. The molecule has 0 saturated carbocycles. The molecule has 41 heavy (non-hydrogen) atoms. The molecule has 1 N–H and O–H groups in total. The van der Waals surface area contributed by atoms with Crippen molar-refractivity contribution in [2.24, 2.45) is 0 Å². The SMILES string of the molecule is CCCCOc1cccc(C2C(C(=O)c3sc(C)nc3C)=C(O)C(=O)N2c2nnc(SCc3ccccc3Cl)s2)c1. The third-order valence-electron chi connectivity index (χ3n) is 6.41. The van der Waals surface area contributed by atoms with Crippen molar-refractivity contribution in [1.29, 1.82) is 0 Å². The second-order valence-corrected chi connectivity index (χ2v) is 13.1. The highest BCUT2D eigenvalue weighted by Crippen LogP contribution is 2.45. The Morgan fingerprint density at radius 3 is 2.68 bits per heavy atom. The van der Waals surface area contributed by atoms with Gasteiger partial charge in [0, 0.05) is 10.8 Å². The Morgan fingerprint density at radius 2 is 1.95 bits per heavy atom. The molecule has 0 radical (unpaired) electrons. The van der Waals surface area contributed by atoms with Crippen LogP contribution in [0, 0.1) is 13.8 Å². The Labute approximate surface area is 255 Å². The second kappa shape index (κ2) is 12.7. The molecule has 1 aliphatic rings. The lowest BCUT2D eigenvalue weighted by Crippen LogP contribution is -2.31. The number of Topliss-reactive ketones (excluding diaryl/α,β-unsaturated/α-hetero) is 1. The highest BCUT2D eigenvalue weighted by molar-refractivity contribution is 8.00. The zero-order chi connectivity index (χ0) is 29.1. The highest BCUT2D eigenvalue weighted by atomic mass is 35.5. The molecule has 5 rings (SSSR count). The van der Waals surface area contributed by atoms with Crippen LogP contribution in [-0.2, 0) is 10.5 Å². The summed E-state index contributed by atoms with van der Waals surface area (Å²) in [5, 5.41) is 21.4. The molecule has 8 nitrogen and oxygen atoms in total. The minimum atomic E-state index is -0.930. The summed E-state index contributed by atoms with van der Waals surface area (Å²) in [6, 6.07) is 13.9. The number of aromatic nitrogens is 3. The summed E-state index contributed by atoms with van der Waals surface area (Å²) < 4.78 is 6.54. The number of amides is 1. The van der Waals surface area contributed by atoms with Gasteiger partial charge in [-0.2, -0.15) is 0 Å². The van der Waals surface area contributed by atoms with E-state index in [0.29, 0.717) is 43.6 Å². The van der Waals surface area contributed by atoms with Crippen LogP contribution in [0.2, 0.25) is 5.02 Å². The van der Waals surface area contributed by atoms with E-state index in [-0.39, 0.29) is 10.7 Å². The summed E-state index contributed by atoms with van der Waals surface area (Å²) in [4.78, 5) is 33.6. The minimum Gasteiger partial charge on any atom is -0.503 e. The summed E-state index contributed by atoms with van der Waals surface area (Å²) in [5.74, 6) is -0.585. The molecule has 12 heteroatoms. The number of hydrogen-bond acceptors (Lipinski definition) is 10. The lowest BCUT2D eigenvalue weighted by molar-refractivity contribution is -0.117. The first kappa shape index (κ1) is 29.2. The molecular formula is C29H27ClN4O4S3. The van der Waals surface area contributed by atoms with Crippen molar-refractivity contribution < 1.29 is 19.4 Å². The van der Waals surface area contributed by atoms with E-state index in [1.807, 2.05) is 49.4 Å². The number of unbranched alkanes of at least 4 members (excludes halogenated alkanes) is 1. The first-order valence-corrected chi connectivity index (χ1v) is 16.0. The van der Waals surface area contributed by atoms with Gasteiger partial charge in [-0.3, -0.25) is 14.5 Å². The Morgan fingerprint density at radius 1 is 1.15 bits per heavy atom. The van der Waals surface area contributed by atoms with Crippen LogP contribution in [0.4, 0.5) is 5.13 Å². The summed E-state index contributed by atoms with van der Waals surface area (Å²) in [6.07, 6.45) is 1.88. The first-order valence-electron chi connectivity index (χ1n) is 13.0. The quantitative estimate of drug-likeness (QED) is 0.0789. The van der Waals surface area contributed by atoms with Crippen LogP contribution in [0.5, 0.6) is 5.75 Å². The van der Waals surface area contributed by atoms with Crippen molar-refractivity contribution in [2.45, 2.75) is 49.7 Å². The number of aliphatic hydroxyl groups is 1. The van der Waals surface area contributed by atoms with Crippen LogP contribution in [-0.4, -0.2) is 38.6 Å². The van der Waals surface area contributed by atoms with Crippen molar-refractivity contribution in [2.75, 3.05) is 11.5 Å². The Balaban J connectivity index is 1.51. The number of carbonyl (C=O) groups excluding carboxylic acids is 2. The van der Waals surface area contributed by atoms with Crippen molar-refractivity contribution in [3.63, 3.8) is 0 Å². The van der Waals surface area contributed by atoms with Crippen LogP contribution in [0.3, 0.4) is 0 Å². The number of anilines is 1. The molecule has 0 spiro atoms. The molecule has 0 aliphatic carbocycles. The molecule has 4 aromatic rings. The van der Waals surface area contributed by atoms with E-state index in [1.165, 1.54) is 39.3 Å². The largest absolute Gasteiger partial charge is 0.503 e. The van der Waals surface area contributed by atoms with Gasteiger partial charge in [-0.1, -0.05) is 78.4 Å². The fourth-order valence-corrected chi connectivity index (χ4v) is 7.46. The van der Waals surface area contributed by atoms with E-state index in [9.17, 15) is 14.7 Å². The Hall–Kier alpha value is -3.25. The second-order valence-electron chi connectivity index (χ2n) is 9.32. The number of carbonyl (C=O) groups is 2. The van der Waals surface area contributed by atoms with E-state index in [2.05, 4.69) is 22.1 Å². The van der Waals surface area contributed by atoms with Gasteiger partial charge in [-0.25, -0.2) is 4.98 Å². The molecule has 1 amide bonds. The monoisotopic (exact) mass is 626 g/mol. The minimum absolute atomic E-state index is 0.0204.